The zero-order valence-corrected chi connectivity index (χ0v) is 20.7. The molecule has 2 amide bonds. The lowest BCUT2D eigenvalue weighted by Gasteiger charge is -2.25. The van der Waals surface area contributed by atoms with E-state index in [1.807, 2.05) is 16.7 Å². The average Bonchev–Trinajstić information content (AvgIpc) is 3.09. The minimum Gasteiger partial charge on any atom is -0.493 e. The quantitative estimate of drug-likeness (QED) is 0.556. The van der Waals surface area contributed by atoms with Crippen molar-refractivity contribution in [1.29, 1.82) is 0 Å². The molecule has 0 N–H and O–H groups in total. The number of ether oxygens (including phenoxy) is 2. The van der Waals surface area contributed by atoms with E-state index in [2.05, 4.69) is 0 Å². The number of methoxy groups -OCH3 is 2. The summed E-state index contributed by atoms with van der Waals surface area (Å²) in [6, 6.07) is 10.0. The lowest BCUT2D eigenvalue weighted by Crippen LogP contribution is -2.37. The molecule has 1 aromatic heterocycles. The van der Waals surface area contributed by atoms with Crippen LogP contribution in [0.4, 0.5) is 4.39 Å². The van der Waals surface area contributed by atoms with E-state index in [9.17, 15) is 14.0 Å². The molecule has 3 heterocycles. The maximum Gasteiger partial charge on any atom is 0.289 e. The second-order valence-electron chi connectivity index (χ2n) is 9.06. The Morgan fingerprint density at radius 1 is 0.917 bits per heavy atom. The first-order valence-corrected chi connectivity index (χ1v) is 12.1. The van der Waals surface area contributed by atoms with E-state index >= 15 is 0 Å². The van der Waals surface area contributed by atoms with Gasteiger partial charge in [0.15, 0.2) is 17.3 Å². The average molecular weight is 493 g/mol. The lowest BCUT2D eigenvalue weighted by atomic mass is 9.94. The monoisotopic (exact) mass is 492 g/mol. The molecule has 0 unspecified atom stereocenters. The molecule has 5 rings (SSSR count). The molecule has 0 bridgehead atoms. The molecule has 0 radical (unpaired) electrons. The van der Waals surface area contributed by atoms with Crippen LogP contribution >= 0.6 is 0 Å². The van der Waals surface area contributed by atoms with E-state index in [0.29, 0.717) is 68.6 Å². The molecule has 2 aromatic carbocycles. The number of imidazole rings is 1. The summed E-state index contributed by atoms with van der Waals surface area (Å²) in [7, 11) is 3.19. The molecule has 1 fully saturated rings. The standard InChI is InChI=1S/C27H29FN4O4/c1-17(33)30-10-4-11-31(14-13-30)27(34)26-29-24(18-5-7-20(28)8-6-18)25-21-16-23(36-3)22(35-2)15-19(21)9-12-32(25)26/h5-8,15-16H,4,9-14H2,1-3H3. The third kappa shape index (κ3) is 4.19. The van der Waals surface area contributed by atoms with Gasteiger partial charge in [-0.2, -0.15) is 0 Å². The normalized spacial score (nSPS) is 15.1. The molecule has 3 aromatic rings. The van der Waals surface area contributed by atoms with Gasteiger partial charge in [-0.15, -0.1) is 0 Å². The van der Waals surface area contributed by atoms with Gasteiger partial charge in [0.05, 0.1) is 25.6 Å². The zero-order chi connectivity index (χ0) is 25.4. The van der Waals surface area contributed by atoms with Gasteiger partial charge in [0.2, 0.25) is 5.91 Å². The molecule has 0 atom stereocenters. The van der Waals surface area contributed by atoms with Crippen molar-refractivity contribution < 1.29 is 23.5 Å². The van der Waals surface area contributed by atoms with Crippen molar-refractivity contribution in [3.63, 3.8) is 0 Å². The molecule has 0 aliphatic carbocycles. The Morgan fingerprint density at radius 3 is 2.28 bits per heavy atom. The van der Waals surface area contributed by atoms with E-state index in [4.69, 9.17) is 14.5 Å². The Balaban J connectivity index is 1.62. The van der Waals surface area contributed by atoms with Crippen molar-refractivity contribution in [1.82, 2.24) is 19.4 Å². The summed E-state index contributed by atoms with van der Waals surface area (Å²) in [6.07, 6.45) is 1.41. The Bertz CT molecular complexity index is 1320. The van der Waals surface area contributed by atoms with Gasteiger partial charge in [-0.05, 0) is 54.8 Å². The molecule has 1 saturated heterocycles. The van der Waals surface area contributed by atoms with E-state index in [-0.39, 0.29) is 17.6 Å². The Labute approximate surface area is 209 Å². The SMILES string of the molecule is COc1cc2c(cc1OC)-c1c(-c3ccc(F)cc3)nc(C(=O)N3CCCN(C(C)=O)CC3)n1CC2. The number of halogens is 1. The Morgan fingerprint density at radius 2 is 1.58 bits per heavy atom. The summed E-state index contributed by atoms with van der Waals surface area (Å²) in [5, 5.41) is 0. The summed E-state index contributed by atoms with van der Waals surface area (Å²) in [6.45, 7) is 4.26. The van der Waals surface area contributed by atoms with Crippen LogP contribution in [0.15, 0.2) is 36.4 Å². The van der Waals surface area contributed by atoms with Crippen molar-refractivity contribution in [2.45, 2.75) is 26.3 Å². The minimum atomic E-state index is -0.338. The summed E-state index contributed by atoms with van der Waals surface area (Å²) < 4.78 is 26.7. The summed E-state index contributed by atoms with van der Waals surface area (Å²) in [5.74, 6) is 1.08. The van der Waals surface area contributed by atoms with Crippen LogP contribution in [-0.4, -0.2) is 71.6 Å². The Kier molecular flexibility index (Phi) is 6.38. The molecular formula is C27H29FN4O4. The van der Waals surface area contributed by atoms with Gasteiger partial charge < -0.3 is 23.8 Å². The summed E-state index contributed by atoms with van der Waals surface area (Å²) >= 11 is 0. The molecule has 0 saturated carbocycles. The van der Waals surface area contributed by atoms with Crippen LogP contribution in [0, 0.1) is 5.82 Å². The number of carbonyl (C=O) groups is 2. The molecule has 9 heteroatoms. The van der Waals surface area contributed by atoms with Gasteiger partial charge in [-0.3, -0.25) is 9.59 Å². The van der Waals surface area contributed by atoms with Crippen LogP contribution in [0.5, 0.6) is 11.5 Å². The molecule has 2 aliphatic heterocycles. The van der Waals surface area contributed by atoms with Gasteiger partial charge in [0.25, 0.3) is 5.91 Å². The van der Waals surface area contributed by atoms with Gasteiger partial charge in [0.1, 0.15) is 5.82 Å². The third-order valence-corrected chi connectivity index (χ3v) is 6.97. The summed E-state index contributed by atoms with van der Waals surface area (Å²) in [5.41, 5.74) is 4.11. The highest BCUT2D eigenvalue weighted by atomic mass is 19.1. The van der Waals surface area contributed by atoms with Crippen molar-refractivity contribution in [2.24, 2.45) is 0 Å². The number of benzene rings is 2. The number of hydrogen-bond donors (Lipinski definition) is 0. The first kappa shape index (κ1) is 23.8. The third-order valence-electron chi connectivity index (χ3n) is 6.97. The maximum atomic E-state index is 13.8. The van der Waals surface area contributed by atoms with Crippen molar-refractivity contribution in [3.05, 3.63) is 53.6 Å². The number of aromatic nitrogens is 2. The molecular weight excluding hydrogens is 463 g/mol. The fourth-order valence-electron chi connectivity index (χ4n) is 5.07. The predicted octanol–water partition coefficient (Wildman–Crippen LogP) is 3.62. The highest BCUT2D eigenvalue weighted by molar-refractivity contribution is 5.95. The zero-order valence-electron chi connectivity index (χ0n) is 20.7. The first-order valence-electron chi connectivity index (χ1n) is 12.1. The molecule has 8 nitrogen and oxygen atoms in total. The fourth-order valence-corrected chi connectivity index (χ4v) is 5.07. The molecule has 188 valence electrons. The highest BCUT2D eigenvalue weighted by Gasteiger charge is 2.32. The second-order valence-corrected chi connectivity index (χ2v) is 9.06. The van der Waals surface area contributed by atoms with Crippen molar-refractivity contribution in [2.75, 3.05) is 40.4 Å². The topological polar surface area (TPSA) is 76.9 Å². The van der Waals surface area contributed by atoms with Crippen LogP contribution in [0.2, 0.25) is 0 Å². The van der Waals surface area contributed by atoms with Crippen LogP contribution in [0.1, 0.15) is 29.5 Å². The van der Waals surface area contributed by atoms with Gasteiger partial charge in [-0.25, -0.2) is 9.37 Å². The van der Waals surface area contributed by atoms with Crippen molar-refractivity contribution in [3.8, 4) is 34.0 Å². The lowest BCUT2D eigenvalue weighted by molar-refractivity contribution is -0.128. The number of carbonyl (C=O) groups excluding carboxylic acids is 2. The molecule has 0 spiro atoms. The number of rotatable bonds is 4. The van der Waals surface area contributed by atoms with Gasteiger partial charge in [-0.1, -0.05) is 0 Å². The summed E-state index contributed by atoms with van der Waals surface area (Å²) in [4.78, 5) is 34.0. The maximum absolute atomic E-state index is 13.8. The minimum absolute atomic E-state index is 0.0158. The number of fused-ring (bicyclic) bond motifs is 3. The number of hydrogen-bond acceptors (Lipinski definition) is 5. The van der Waals surface area contributed by atoms with Crippen LogP contribution in [0.25, 0.3) is 22.5 Å². The van der Waals surface area contributed by atoms with Gasteiger partial charge >= 0.3 is 0 Å². The van der Waals surface area contributed by atoms with Crippen LogP contribution < -0.4 is 9.47 Å². The van der Waals surface area contributed by atoms with Crippen molar-refractivity contribution >= 4 is 11.8 Å². The number of amides is 2. The second kappa shape index (κ2) is 9.64. The first-order chi connectivity index (χ1) is 17.4. The van der Waals surface area contributed by atoms with E-state index in [1.165, 1.54) is 12.1 Å². The van der Waals surface area contributed by atoms with Crippen LogP contribution in [0.3, 0.4) is 0 Å². The fraction of sp³-hybridized carbons (Fsp3) is 0.370. The Hall–Kier alpha value is -3.88. The molecule has 2 aliphatic rings. The number of aryl methyl sites for hydroxylation is 1. The highest BCUT2D eigenvalue weighted by Crippen LogP contribution is 2.43. The molecule has 36 heavy (non-hydrogen) atoms. The largest absolute Gasteiger partial charge is 0.493 e. The van der Waals surface area contributed by atoms with Gasteiger partial charge in [0, 0.05) is 50.8 Å². The van der Waals surface area contributed by atoms with E-state index in [0.717, 1.165) is 22.4 Å². The number of nitrogens with zero attached hydrogens (tertiary/aromatic N) is 4. The van der Waals surface area contributed by atoms with Crippen LogP contribution in [-0.2, 0) is 17.8 Å². The van der Waals surface area contributed by atoms with E-state index < -0.39 is 0 Å². The van der Waals surface area contributed by atoms with E-state index in [1.54, 1.807) is 43.1 Å². The smallest absolute Gasteiger partial charge is 0.289 e. The predicted molar refractivity (Wildman–Crippen MR) is 133 cm³/mol.